The average molecular weight is 472 g/mol. The molecule has 1 aromatic heterocycles. The smallest absolute Gasteiger partial charge is 0.260 e. The second kappa shape index (κ2) is 8.50. The van der Waals surface area contributed by atoms with Gasteiger partial charge in [-0.3, -0.25) is 14.4 Å². The van der Waals surface area contributed by atoms with Gasteiger partial charge < -0.3 is 24.3 Å². The Hall–Kier alpha value is -2.84. The van der Waals surface area contributed by atoms with Crippen LogP contribution in [-0.4, -0.2) is 59.2 Å². The van der Waals surface area contributed by atoms with E-state index < -0.39 is 0 Å². The van der Waals surface area contributed by atoms with E-state index in [1.165, 1.54) is 10.6 Å². The molecule has 0 saturated carbocycles. The maximum Gasteiger partial charge on any atom is 0.260 e. The molecule has 3 fully saturated rings. The second-order valence-corrected chi connectivity index (χ2v) is 9.51. The molecule has 3 aliphatic rings. The number of carbonyl (C=O) groups excluding carboxylic acids is 2. The Kier molecular flexibility index (Phi) is 5.66. The van der Waals surface area contributed by atoms with Crippen LogP contribution in [0.25, 0.3) is 0 Å². The molecule has 0 unspecified atom stereocenters. The number of nitrogens with zero attached hydrogens (tertiary/aromatic N) is 2. The fraction of sp³-hybridized carbons (Fsp3) is 0.458. The molecule has 174 valence electrons. The van der Waals surface area contributed by atoms with Crippen molar-refractivity contribution < 1.29 is 19.1 Å². The van der Waals surface area contributed by atoms with Gasteiger partial charge in [0.2, 0.25) is 0 Å². The van der Waals surface area contributed by atoms with Crippen molar-refractivity contribution in [1.29, 1.82) is 0 Å². The minimum Gasteiger partial charge on any atom is -0.482 e. The summed E-state index contributed by atoms with van der Waals surface area (Å²) >= 11 is 6.11. The Labute approximate surface area is 196 Å². The zero-order valence-electron chi connectivity index (χ0n) is 18.3. The van der Waals surface area contributed by atoms with Crippen molar-refractivity contribution in [1.82, 2.24) is 14.8 Å². The minimum atomic E-state index is -0.344. The van der Waals surface area contributed by atoms with E-state index in [2.05, 4.69) is 5.32 Å². The van der Waals surface area contributed by atoms with Gasteiger partial charge in [-0.25, -0.2) is 0 Å². The van der Waals surface area contributed by atoms with Gasteiger partial charge in [-0.1, -0.05) is 23.7 Å². The van der Waals surface area contributed by atoms with Crippen molar-refractivity contribution in [3.63, 3.8) is 0 Å². The lowest BCUT2D eigenvalue weighted by Crippen LogP contribution is -2.42. The van der Waals surface area contributed by atoms with E-state index in [-0.39, 0.29) is 47.5 Å². The number of para-hydroxylation sites is 1. The van der Waals surface area contributed by atoms with Crippen LogP contribution < -0.4 is 15.6 Å². The highest BCUT2D eigenvalue weighted by molar-refractivity contribution is 6.32. The topological polar surface area (TPSA) is 89.9 Å². The fourth-order valence-electron chi connectivity index (χ4n) is 5.45. The van der Waals surface area contributed by atoms with Crippen LogP contribution in [0.2, 0.25) is 5.02 Å². The van der Waals surface area contributed by atoms with E-state index in [0.29, 0.717) is 36.0 Å². The maximum atomic E-state index is 12.9. The summed E-state index contributed by atoms with van der Waals surface area (Å²) in [5.41, 5.74) is -0.228. The Morgan fingerprint density at radius 3 is 2.91 bits per heavy atom. The fourth-order valence-corrected chi connectivity index (χ4v) is 5.64. The number of halogens is 1. The molecule has 4 atom stereocenters. The van der Waals surface area contributed by atoms with Gasteiger partial charge in [0.1, 0.15) is 5.75 Å². The van der Waals surface area contributed by atoms with Crippen molar-refractivity contribution in [2.45, 2.75) is 24.5 Å². The van der Waals surface area contributed by atoms with Gasteiger partial charge in [-0.15, -0.1) is 0 Å². The SMILES string of the molecule is Cn1ccc(C(=O)NC[C@H]2[C@H]3CN(C(=O)COc4ccccc4Cl)C[C@]34CC[C@H]2O4)cc1=O. The van der Waals surface area contributed by atoms with Gasteiger partial charge in [0, 0.05) is 49.8 Å². The molecule has 2 amide bonds. The Morgan fingerprint density at radius 1 is 1.30 bits per heavy atom. The monoisotopic (exact) mass is 471 g/mol. The van der Waals surface area contributed by atoms with Gasteiger partial charge in [-0.05, 0) is 31.0 Å². The van der Waals surface area contributed by atoms with Gasteiger partial charge in [0.05, 0.1) is 23.3 Å². The van der Waals surface area contributed by atoms with E-state index >= 15 is 0 Å². The summed E-state index contributed by atoms with van der Waals surface area (Å²) in [5, 5.41) is 3.44. The van der Waals surface area contributed by atoms with Crippen molar-refractivity contribution in [3.8, 4) is 5.75 Å². The van der Waals surface area contributed by atoms with Crippen LogP contribution in [0.5, 0.6) is 5.75 Å². The van der Waals surface area contributed by atoms with Crippen LogP contribution in [0.15, 0.2) is 47.4 Å². The molecule has 1 aromatic carbocycles. The van der Waals surface area contributed by atoms with Crippen molar-refractivity contribution >= 4 is 23.4 Å². The molecule has 1 spiro atoms. The average Bonchev–Trinajstić information content (AvgIpc) is 3.47. The number of fused-ring (bicyclic) bond motifs is 1. The van der Waals surface area contributed by atoms with Gasteiger partial charge >= 0.3 is 0 Å². The summed E-state index contributed by atoms with van der Waals surface area (Å²) in [6.45, 7) is 1.48. The molecular formula is C24H26ClN3O5. The van der Waals surface area contributed by atoms with E-state index in [4.69, 9.17) is 21.1 Å². The molecule has 2 aromatic rings. The number of likely N-dealkylation sites (tertiary alicyclic amines) is 1. The first-order valence-corrected chi connectivity index (χ1v) is 11.5. The molecule has 5 rings (SSSR count). The Morgan fingerprint density at radius 2 is 2.12 bits per heavy atom. The third-order valence-corrected chi connectivity index (χ3v) is 7.50. The summed E-state index contributed by atoms with van der Waals surface area (Å²) in [6.07, 6.45) is 3.49. The number of nitrogens with one attached hydrogen (secondary N) is 1. The van der Waals surface area contributed by atoms with E-state index in [9.17, 15) is 14.4 Å². The zero-order chi connectivity index (χ0) is 23.2. The number of rotatable bonds is 6. The quantitative estimate of drug-likeness (QED) is 0.694. The predicted molar refractivity (Wildman–Crippen MR) is 121 cm³/mol. The number of benzene rings is 1. The molecular weight excluding hydrogens is 446 g/mol. The third kappa shape index (κ3) is 4.02. The summed E-state index contributed by atoms with van der Waals surface area (Å²) in [6, 6.07) is 10.0. The molecule has 9 heteroatoms. The van der Waals surface area contributed by atoms with Crippen molar-refractivity contribution in [2.24, 2.45) is 18.9 Å². The summed E-state index contributed by atoms with van der Waals surface area (Å²) in [4.78, 5) is 39.1. The largest absolute Gasteiger partial charge is 0.482 e. The van der Waals surface area contributed by atoms with E-state index in [1.807, 2.05) is 12.1 Å². The maximum absolute atomic E-state index is 12.9. The van der Waals surface area contributed by atoms with E-state index in [1.54, 1.807) is 36.3 Å². The summed E-state index contributed by atoms with van der Waals surface area (Å²) < 4.78 is 13.4. The first-order valence-electron chi connectivity index (χ1n) is 11.1. The zero-order valence-corrected chi connectivity index (χ0v) is 19.1. The number of carbonyl (C=O) groups is 2. The van der Waals surface area contributed by atoms with Crippen LogP contribution in [-0.2, 0) is 16.6 Å². The van der Waals surface area contributed by atoms with Gasteiger partial charge in [0.15, 0.2) is 6.61 Å². The molecule has 33 heavy (non-hydrogen) atoms. The molecule has 1 N–H and O–H groups in total. The lowest BCUT2D eigenvalue weighted by Gasteiger charge is -2.29. The minimum absolute atomic E-state index is 0.0792. The lowest BCUT2D eigenvalue weighted by molar-refractivity contribution is -0.133. The van der Waals surface area contributed by atoms with Crippen LogP contribution >= 0.6 is 11.6 Å². The normalized spacial score (nSPS) is 27.5. The van der Waals surface area contributed by atoms with Crippen LogP contribution in [0.1, 0.15) is 23.2 Å². The second-order valence-electron chi connectivity index (χ2n) is 9.10. The van der Waals surface area contributed by atoms with Crippen molar-refractivity contribution in [2.75, 3.05) is 26.2 Å². The third-order valence-electron chi connectivity index (χ3n) is 7.19. The lowest BCUT2D eigenvalue weighted by atomic mass is 9.73. The number of ether oxygens (including phenoxy) is 2. The number of hydrogen-bond donors (Lipinski definition) is 1. The Bertz CT molecular complexity index is 1150. The standard InChI is InChI=1S/C24H26ClN3O5/c1-27-9-7-15(10-21(27)29)23(31)26-11-16-17-12-28(14-24(17)8-6-19(16)33-24)22(30)13-32-20-5-3-2-4-18(20)25/h2-5,7,9-10,16-17,19H,6,8,11-14H2,1H3,(H,26,31)/t16-,17+,19+,24+/m0/s1. The number of aryl methyl sites for hydroxylation is 1. The molecule has 3 saturated heterocycles. The highest BCUT2D eigenvalue weighted by Gasteiger charge is 2.63. The first kappa shape index (κ1) is 22.0. The van der Waals surface area contributed by atoms with Crippen LogP contribution in [0.3, 0.4) is 0 Å². The number of amides is 2. The highest BCUT2D eigenvalue weighted by atomic mass is 35.5. The molecule has 8 nitrogen and oxygen atoms in total. The van der Waals surface area contributed by atoms with Gasteiger partial charge in [0.25, 0.3) is 17.4 Å². The molecule has 0 aliphatic carbocycles. The van der Waals surface area contributed by atoms with Crippen LogP contribution in [0.4, 0.5) is 0 Å². The number of aromatic nitrogens is 1. The first-order chi connectivity index (χ1) is 15.9. The molecule has 4 heterocycles. The van der Waals surface area contributed by atoms with Gasteiger partial charge in [-0.2, -0.15) is 0 Å². The molecule has 0 radical (unpaired) electrons. The molecule has 3 aliphatic heterocycles. The summed E-state index contributed by atoms with van der Waals surface area (Å²) in [5.74, 6) is 0.386. The van der Waals surface area contributed by atoms with Crippen molar-refractivity contribution in [3.05, 3.63) is 63.5 Å². The Balaban J connectivity index is 1.21. The molecule has 2 bridgehead atoms. The van der Waals surface area contributed by atoms with E-state index in [0.717, 1.165) is 12.8 Å². The number of hydrogen-bond acceptors (Lipinski definition) is 5. The number of pyridine rings is 1. The highest BCUT2D eigenvalue weighted by Crippen LogP contribution is 2.54. The van der Waals surface area contributed by atoms with Crippen LogP contribution in [0, 0.1) is 11.8 Å². The predicted octanol–water partition coefficient (Wildman–Crippen LogP) is 1.85. The summed E-state index contributed by atoms with van der Waals surface area (Å²) in [7, 11) is 1.64.